The lowest BCUT2D eigenvalue weighted by molar-refractivity contribution is -0.121. The molecular formula is C23H25FN4O3. The lowest BCUT2D eigenvalue weighted by atomic mass is 9.82. The van der Waals surface area contributed by atoms with Crippen LogP contribution in [0.5, 0.6) is 5.75 Å². The zero-order valence-corrected chi connectivity index (χ0v) is 17.2. The van der Waals surface area contributed by atoms with Gasteiger partial charge >= 0.3 is 0 Å². The molecule has 0 unspecified atom stereocenters. The van der Waals surface area contributed by atoms with E-state index in [4.69, 9.17) is 9.15 Å². The van der Waals surface area contributed by atoms with E-state index >= 15 is 0 Å². The summed E-state index contributed by atoms with van der Waals surface area (Å²) < 4.78 is 24.4. The normalized spacial score (nSPS) is 18.5. The summed E-state index contributed by atoms with van der Waals surface area (Å²) in [5.41, 5.74) is 0.680. The summed E-state index contributed by atoms with van der Waals surface area (Å²) in [6.45, 7) is 0.867. The zero-order valence-electron chi connectivity index (χ0n) is 17.2. The van der Waals surface area contributed by atoms with Crippen LogP contribution in [0.15, 0.2) is 53.1 Å². The highest BCUT2D eigenvalue weighted by molar-refractivity contribution is 5.75. The van der Waals surface area contributed by atoms with Gasteiger partial charge in [-0.1, -0.05) is 12.1 Å². The SMILES string of the molecule is O=C(CCOc1cccc(F)c1)NCC1CCC(c2nnc(-c3ccccn3)o2)CC1. The van der Waals surface area contributed by atoms with Crippen molar-refractivity contribution in [2.75, 3.05) is 13.2 Å². The minimum Gasteiger partial charge on any atom is -0.493 e. The first-order chi connectivity index (χ1) is 15.2. The van der Waals surface area contributed by atoms with Crippen LogP contribution in [-0.2, 0) is 4.79 Å². The minimum absolute atomic E-state index is 0.0598. The Morgan fingerprint density at radius 3 is 2.77 bits per heavy atom. The van der Waals surface area contributed by atoms with E-state index < -0.39 is 0 Å². The summed E-state index contributed by atoms with van der Waals surface area (Å²) in [7, 11) is 0. The molecule has 0 spiro atoms. The van der Waals surface area contributed by atoms with E-state index in [-0.39, 0.29) is 30.7 Å². The van der Waals surface area contributed by atoms with Gasteiger partial charge < -0.3 is 14.5 Å². The molecule has 1 aliphatic carbocycles. The second-order valence-electron chi connectivity index (χ2n) is 7.74. The molecular weight excluding hydrogens is 399 g/mol. The van der Waals surface area contributed by atoms with Crippen LogP contribution in [-0.4, -0.2) is 34.2 Å². The van der Waals surface area contributed by atoms with Crippen LogP contribution in [0.25, 0.3) is 11.6 Å². The Balaban J connectivity index is 1.16. The topological polar surface area (TPSA) is 90.1 Å². The fourth-order valence-corrected chi connectivity index (χ4v) is 3.77. The monoisotopic (exact) mass is 424 g/mol. The Morgan fingerprint density at radius 2 is 2.00 bits per heavy atom. The van der Waals surface area contributed by atoms with Gasteiger partial charge in [-0.25, -0.2) is 4.39 Å². The number of hydrogen-bond acceptors (Lipinski definition) is 6. The lowest BCUT2D eigenvalue weighted by Crippen LogP contribution is -2.31. The van der Waals surface area contributed by atoms with Gasteiger partial charge in [0.25, 0.3) is 5.89 Å². The zero-order chi connectivity index (χ0) is 21.5. The van der Waals surface area contributed by atoms with E-state index in [1.54, 1.807) is 18.3 Å². The molecule has 0 saturated heterocycles. The molecule has 0 radical (unpaired) electrons. The summed E-state index contributed by atoms with van der Waals surface area (Å²) in [5, 5.41) is 11.3. The number of hydrogen-bond donors (Lipinski definition) is 1. The standard InChI is InChI=1S/C23H25FN4O3/c24-18-4-3-5-19(14-18)30-13-11-21(29)26-15-16-7-9-17(10-8-16)22-27-28-23(31-22)20-6-1-2-12-25-20/h1-6,12,14,16-17H,7-11,13,15H2,(H,26,29). The Labute approximate surface area is 180 Å². The molecule has 162 valence electrons. The third kappa shape index (κ3) is 5.87. The Kier molecular flexibility index (Phi) is 6.86. The van der Waals surface area contributed by atoms with Gasteiger partial charge in [0.1, 0.15) is 17.3 Å². The molecule has 0 atom stereocenters. The second-order valence-corrected chi connectivity index (χ2v) is 7.74. The van der Waals surface area contributed by atoms with E-state index in [0.29, 0.717) is 35.7 Å². The molecule has 3 aromatic rings. The van der Waals surface area contributed by atoms with Crippen LogP contribution >= 0.6 is 0 Å². The van der Waals surface area contributed by atoms with E-state index in [1.165, 1.54) is 12.1 Å². The van der Waals surface area contributed by atoms with Gasteiger partial charge in [-0.15, -0.1) is 10.2 Å². The summed E-state index contributed by atoms with van der Waals surface area (Å²) in [6, 6.07) is 11.5. The van der Waals surface area contributed by atoms with Gasteiger partial charge in [0.2, 0.25) is 11.8 Å². The number of benzene rings is 1. The number of amides is 1. The molecule has 31 heavy (non-hydrogen) atoms. The molecule has 2 aromatic heterocycles. The molecule has 4 rings (SSSR count). The third-order valence-electron chi connectivity index (χ3n) is 5.50. The number of carbonyl (C=O) groups is 1. The highest BCUT2D eigenvalue weighted by Crippen LogP contribution is 2.35. The van der Waals surface area contributed by atoms with Crippen molar-refractivity contribution in [3.63, 3.8) is 0 Å². The fourth-order valence-electron chi connectivity index (χ4n) is 3.77. The first-order valence-electron chi connectivity index (χ1n) is 10.6. The summed E-state index contributed by atoms with van der Waals surface area (Å²) in [6.07, 6.45) is 5.83. The smallest absolute Gasteiger partial charge is 0.266 e. The molecule has 7 nitrogen and oxygen atoms in total. The first kappa shape index (κ1) is 21.0. The van der Waals surface area contributed by atoms with Crippen LogP contribution in [0.4, 0.5) is 4.39 Å². The predicted octanol–water partition coefficient (Wildman–Crippen LogP) is 4.13. The van der Waals surface area contributed by atoms with E-state index in [0.717, 1.165) is 25.7 Å². The van der Waals surface area contributed by atoms with Gasteiger partial charge in [0.15, 0.2) is 0 Å². The maximum Gasteiger partial charge on any atom is 0.266 e. The van der Waals surface area contributed by atoms with Crippen LogP contribution in [0.1, 0.15) is 43.9 Å². The number of aromatic nitrogens is 3. The quantitative estimate of drug-likeness (QED) is 0.585. The van der Waals surface area contributed by atoms with Crippen molar-refractivity contribution in [2.24, 2.45) is 5.92 Å². The first-order valence-corrected chi connectivity index (χ1v) is 10.6. The Bertz CT molecular complexity index is 987. The van der Waals surface area contributed by atoms with E-state index in [9.17, 15) is 9.18 Å². The molecule has 8 heteroatoms. The van der Waals surface area contributed by atoms with Crippen LogP contribution in [0.3, 0.4) is 0 Å². The number of halogens is 1. The number of pyridine rings is 1. The van der Waals surface area contributed by atoms with Crippen LogP contribution in [0.2, 0.25) is 0 Å². The number of nitrogens with one attached hydrogen (secondary N) is 1. The Morgan fingerprint density at radius 1 is 1.13 bits per heavy atom. The average molecular weight is 424 g/mol. The molecule has 1 N–H and O–H groups in total. The summed E-state index contributed by atoms with van der Waals surface area (Å²) >= 11 is 0. The molecule has 1 aliphatic rings. The van der Waals surface area contributed by atoms with E-state index in [1.807, 2.05) is 18.2 Å². The molecule has 2 heterocycles. The van der Waals surface area contributed by atoms with Gasteiger partial charge in [-0.2, -0.15) is 0 Å². The van der Waals surface area contributed by atoms with Crippen molar-refractivity contribution in [3.8, 4) is 17.3 Å². The van der Waals surface area contributed by atoms with Crippen molar-refractivity contribution in [2.45, 2.75) is 38.0 Å². The second kappa shape index (κ2) is 10.1. The van der Waals surface area contributed by atoms with Crippen molar-refractivity contribution in [1.29, 1.82) is 0 Å². The van der Waals surface area contributed by atoms with Gasteiger partial charge in [-0.3, -0.25) is 9.78 Å². The molecule has 1 saturated carbocycles. The Hall–Kier alpha value is -3.29. The summed E-state index contributed by atoms with van der Waals surface area (Å²) in [5.74, 6) is 1.81. The number of rotatable bonds is 8. The van der Waals surface area contributed by atoms with Crippen molar-refractivity contribution < 1.29 is 18.3 Å². The van der Waals surface area contributed by atoms with Crippen LogP contribution in [0, 0.1) is 11.7 Å². The molecule has 0 aliphatic heterocycles. The largest absolute Gasteiger partial charge is 0.493 e. The lowest BCUT2D eigenvalue weighted by Gasteiger charge is -2.26. The number of carbonyl (C=O) groups excluding carboxylic acids is 1. The molecule has 1 amide bonds. The maximum atomic E-state index is 13.1. The van der Waals surface area contributed by atoms with Gasteiger partial charge in [0.05, 0.1) is 13.0 Å². The molecule has 1 aromatic carbocycles. The highest BCUT2D eigenvalue weighted by atomic mass is 19.1. The average Bonchev–Trinajstić information content (AvgIpc) is 3.29. The van der Waals surface area contributed by atoms with Crippen molar-refractivity contribution in [3.05, 3.63) is 60.4 Å². The molecule has 1 fully saturated rings. The molecule has 0 bridgehead atoms. The predicted molar refractivity (Wildman–Crippen MR) is 112 cm³/mol. The maximum absolute atomic E-state index is 13.1. The fraction of sp³-hybridized carbons (Fsp3) is 0.391. The third-order valence-corrected chi connectivity index (χ3v) is 5.50. The minimum atomic E-state index is -0.356. The highest BCUT2D eigenvalue weighted by Gasteiger charge is 2.26. The van der Waals surface area contributed by atoms with E-state index in [2.05, 4.69) is 20.5 Å². The van der Waals surface area contributed by atoms with Crippen LogP contribution < -0.4 is 10.1 Å². The van der Waals surface area contributed by atoms with Gasteiger partial charge in [-0.05, 0) is 55.9 Å². The van der Waals surface area contributed by atoms with Crippen molar-refractivity contribution in [1.82, 2.24) is 20.5 Å². The summed E-state index contributed by atoms with van der Waals surface area (Å²) in [4.78, 5) is 16.3. The van der Waals surface area contributed by atoms with Crippen molar-refractivity contribution >= 4 is 5.91 Å². The van der Waals surface area contributed by atoms with Gasteiger partial charge in [0, 0.05) is 24.7 Å². The number of ether oxygens (including phenoxy) is 1. The number of nitrogens with zero attached hydrogens (tertiary/aromatic N) is 3.